The first kappa shape index (κ1) is 10.8. The van der Waals surface area contributed by atoms with Gasteiger partial charge in [-0.05, 0) is 6.07 Å². The van der Waals surface area contributed by atoms with E-state index in [0.717, 1.165) is 0 Å². The molecule has 86 valence electrons. The van der Waals surface area contributed by atoms with Crippen molar-refractivity contribution in [1.82, 2.24) is 5.32 Å². The van der Waals surface area contributed by atoms with Crippen molar-refractivity contribution in [2.45, 2.75) is 19.0 Å². The van der Waals surface area contributed by atoms with Gasteiger partial charge in [-0.15, -0.1) is 0 Å². The summed E-state index contributed by atoms with van der Waals surface area (Å²) in [5.74, 6) is -0.223. The molecule has 1 atom stereocenters. The largest absolute Gasteiger partial charge is 0.508 e. The molecule has 1 unspecified atom stereocenters. The number of nitrogens with one attached hydrogen (secondary N) is 1. The van der Waals surface area contributed by atoms with Gasteiger partial charge in [0.25, 0.3) is 0 Å². The number of esters is 1. The van der Waals surface area contributed by atoms with Crippen LogP contribution in [0.4, 0.5) is 0 Å². The molecule has 16 heavy (non-hydrogen) atoms. The molecule has 3 N–H and O–H groups in total. The monoisotopic (exact) mass is 223 g/mol. The summed E-state index contributed by atoms with van der Waals surface area (Å²) in [4.78, 5) is 11.1. The van der Waals surface area contributed by atoms with Crippen LogP contribution in [0.2, 0.25) is 0 Å². The predicted octanol–water partition coefficient (Wildman–Crippen LogP) is 0.503. The van der Waals surface area contributed by atoms with Crippen LogP contribution in [0.3, 0.4) is 0 Å². The summed E-state index contributed by atoms with van der Waals surface area (Å²) >= 11 is 0. The maximum atomic E-state index is 11.1. The highest BCUT2D eigenvalue weighted by Crippen LogP contribution is 2.22. The van der Waals surface area contributed by atoms with Gasteiger partial charge in [-0.2, -0.15) is 0 Å². The van der Waals surface area contributed by atoms with E-state index in [-0.39, 0.29) is 23.5 Å². The van der Waals surface area contributed by atoms with Crippen LogP contribution >= 0.6 is 0 Å². The molecule has 0 amide bonds. The first-order valence-corrected chi connectivity index (χ1v) is 5.07. The van der Waals surface area contributed by atoms with E-state index in [1.807, 2.05) is 0 Å². The summed E-state index contributed by atoms with van der Waals surface area (Å²) in [5, 5.41) is 21.6. The number of hydrogen-bond acceptors (Lipinski definition) is 5. The molecule has 0 aromatic heterocycles. The van der Waals surface area contributed by atoms with Crippen LogP contribution in [0.15, 0.2) is 18.2 Å². The number of carbonyl (C=O) groups excluding carboxylic acids is 1. The van der Waals surface area contributed by atoms with Gasteiger partial charge in [-0.25, -0.2) is 0 Å². The fraction of sp³-hybridized carbons (Fsp3) is 0.364. The van der Waals surface area contributed by atoms with Crippen molar-refractivity contribution < 1.29 is 19.7 Å². The van der Waals surface area contributed by atoms with Gasteiger partial charge in [0.1, 0.15) is 17.5 Å². The minimum Gasteiger partial charge on any atom is -0.508 e. The molecule has 0 radical (unpaired) electrons. The van der Waals surface area contributed by atoms with Gasteiger partial charge in [0.15, 0.2) is 0 Å². The van der Waals surface area contributed by atoms with Crippen LogP contribution < -0.4 is 5.32 Å². The van der Waals surface area contributed by atoms with E-state index in [1.54, 1.807) is 6.07 Å². The van der Waals surface area contributed by atoms with Crippen molar-refractivity contribution >= 4 is 5.97 Å². The van der Waals surface area contributed by atoms with E-state index < -0.39 is 0 Å². The maximum Gasteiger partial charge on any atom is 0.323 e. The molecular weight excluding hydrogens is 210 g/mol. The number of ether oxygens (including phenoxy) is 1. The maximum absolute atomic E-state index is 11.1. The molecule has 1 saturated heterocycles. The molecular formula is C11H13NO4. The molecule has 1 aromatic rings. The third kappa shape index (κ3) is 2.25. The Kier molecular flexibility index (Phi) is 2.96. The standard InChI is InChI=1S/C11H13NO4/c13-8-2-1-7(10(14)5-8)6-12-9-3-4-16-11(9)15/h1-2,5,9,12-14H,3-4,6H2. The lowest BCUT2D eigenvalue weighted by Gasteiger charge is -2.09. The smallest absolute Gasteiger partial charge is 0.323 e. The summed E-state index contributed by atoms with van der Waals surface area (Å²) in [6.07, 6.45) is 0.650. The molecule has 1 aliphatic heterocycles. The van der Waals surface area contributed by atoms with Crippen molar-refractivity contribution in [2.24, 2.45) is 0 Å². The van der Waals surface area contributed by atoms with Crippen molar-refractivity contribution in [2.75, 3.05) is 6.61 Å². The van der Waals surface area contributed by atoms with Crippen molar-refractivity contribution in [3.05, 3.63) is 23.8 Å². The van der Waals surface area contributed by atoms with Crippen LogP contribution in [0.1, 0.15) is 12.0 Å². The van der Waals surface area contributed by atoms with E-state index in [2.05, 4.69) is 5.32 Å². The molecule has 1 fully saturated rings. The average Bonchev–Trinajstić information content (AvgIpc) is 2.63. The molecule has 2 rings (SSSR count). The lowest BCUT2D eigenvalue weighted by Crippen LogP contribution is -2.32. The number of phenolic OH excluding ortho intramolecular Hbond substituents is 2. The van der Waals surface area contributed by atoms with E-state index in [9.17, 15) is 9.90 Å². The summed E-state index contributed by atoms with van der Waals surface area (Å²) in [5.41, 5.74) is 0.637. The molecule has 1 aromatic carbocycles. The Morgan fingerprint density at radius 3 is 2.88 bits per heavy atom. The van der Waals surface area contributed by atoms with Gasteiger partial charge in [-0.1, -0.05) is 6.07 Å². The van der Waals surface area contributed by atoms with Gasteiger partial charge in [0.2, 0.25) is 0 Å². The molecule has 0 spiro atoms. The topological polar surface area (TPSA) is 78.8 Å². The third-order valence-electron chi connectivity index (χ3n) is 2.54. The second-order valence-corrected chi connectivity index (χ2v) is 3.70. The van der Waals surface area contributed by atoms with Gasteiger partial charge in [-0.3, -0.25) is 4.79 Å². The second-order valence-electron chi connectivity index (χ2n) is 3.70. The zero-order valence-electron chi connectivity index (χ0n) is 8.64. The number of phenols is 2. The number of hydrogen-bond donors (Lipinski definition) is 3. The Morgan fingerprint density at radius 2 is 2.25 bits per heavy atom. The molecule has 0 aliphatic carbocycles. The van der Waals surface area contributed by atoms with E-state index >= 15 is 0 Å². The number of carbonyl (C=O) groups is 1. The Balaban J connectivity index is 1.96. The first-order valence-electron chi connectivity index (χ1n) is 5.07. The van der Waals surface area contributed by atoms with Crippen LogP contribution in [0.25, 0.3) is 0 Å². The molecule has 1 aliphatic rings. The van der Waals surface area contributed by atoms with Crippen LogP contribution in [-0.2, 0) is 16.1 Å². The van der Waals surface area contributed by atoms with E-state index in [4.69, 9.17) is 9.84 Å². The van der Waals surface area contributed by atoms with Crippen molar-refractivity contribution in [1.29, 1.82) is 0 Å². The van der Waals surface area contributed by atoms with Gasteiger partial charge < -0.3 is 20.3 Å². The average molecular weight is 223 g/mol. The summed E-state index contributed by atoms with van der Waals surface area (Å²) in [6, 6.07) is 4.07. The highest BCUT2D eigenvalue weighted by molar-refractivity contribution is 5.77. The Morgan fingerprint density at radius 1 is 1.44 bits per heavy atom. The number of benzene rings is 1. The van der Waals surface area contributed by atoms with Crippen molar-refractivity contribution in [3.8, 4) is 11.5 Å². The predicted molar refractivity (Wildman–Crippen MR) is 56.0 cm³/mol. The van der Waals surface area contributed by atoms with Crippen LogP contribution in [0.5, 0.6) is 11.5 Å². The summed E-state index contributed by atoms with van der Waals surface area (Å²) in [6.45, 7) is 0.809. The van der Waals surface area contributed by atoms with Gasteiger partial charge in [0, 0.05) is 24.6 Å². The SMILES string of the molecule is O=C1OCCC1NCc1ccc(O)cc1O. The first-order chi connectivity index (χ1) is 7.66. The molecule has 0 bridgehead atoms. The van der Waals surface area contributed by atoms with Gasteiger partial charge in [0.05, 0.1) is 6.61 Å². The Hall–Kier alpha value is -1.75. The highest BCUT2D eigenvalue weighted by atomic mass is 16.5. The summed E-state index contributed by atoms with van der Waals surface area (Å²) < 4.78 is 4.80. The molecule has 1 heterocycles. The van der Waals surface area contributed by atoms with Crippen LogP contribution in [0, 0.1) is 0 Å². The molecule has 5 nitrogen and oxygen atoms in total. The number of aromatic hydroxyl groups is 2. The second kappa shape index (κ2) is 4.40. The quantitative estimate of drug-likeness (QED) is 0.650. The van der Waals surface area contributed by atoms with E-state index in [0.29, 0.717) is 25.1 Å². The van der Waals surface area contributed by atoms with Crippen molar-refractivity contribution in [3.63, 3.8) is 0 Å². The third-order valence-corrected chi connectivity index (χ3v) is 2.54. The fourth-order valence-corrected chi connectivity index (χ4v) is 1.62. The zero-order chi connectivity index (χ0) is 11.5. The lowest BCUT2D eigenvalue weighted by atomic mass is 10.1. The minimum atomic E-state index is -0.298. The fourth-order valence-electron chi connectivity index (χ4n) is 1.62. The van der Waals surface area contributed by atoms with Gasteiger partial charge >= 0.3 is 5.97 Å². The normalized spacial score (nSPS) is 19.8. The number of rotatable bonds is 3. The lowest BCUT2D eigenvalue weighted by molar-refractivity contribution is -0.139. The summed E-state index contributed by atoms with van der Waals surface area (Å²) in [7, 11) is 0. The zero-order valence-corrected chi connectivity index (χ0v) is 8.64. The Bertz CT molecular complexity index is 405. The Labute approximate surface area is 92.7 Å². The molecule has 5 heteroatoms. The van der Waals surface area contributed by atoms with E-state index in [1.165, 1.54) is 12.1 Å². The number of cyclic esters (lactones) is 1. The van der Waals surface area contributed by atoms with Crippen LogP contribution in [-0.4, -0.2) is 28.8 Å². The minimum absolute atomic E-state index is 0.0128. The highest BCUT2D eigenvalue weighted by Gasteiger charge is 2.25. The molecule has 0 saturated carbocycles.